The summed E-state index contributed by atoms with van der Waals surface area (Å²) < 4.78 is 32.1. The Morgan fingerprint density at radius 1 is 1.38 bits per heavy atom. The lowest BCUT2D eigenvalue weighted by Crippen LogP contribution is -2.43. The highest BCUT2D eigenvalue weighted by atomic mass is 35.5. The second-order valence-electron chi connectivity index (χ2n) is 5.97. The lowest BCUT2D eigenvalue weighted by Gasteiger charge is -2.30. The van der Waals surface area contributed by atoms with E-state index in [9.17, 15) is 13.2 Å². The van der Waals surface area contributed by atoms with E-state index in [4.69, 9.17) is 16.3 Å². The second-order valence-corrected chi connectivity index (χ2v) is 9.49. The molecule has 1 fully saturated rings. The largest absolute Gasteiger partial charge is 0.495 e. The van der Waals surface area contributed by atoms with Gasteiger partial charge in [0.15, 0.2) is 0 Å². The number of amides is 1. The van der Waals surface area contributed by atoms with Crippen LogP contribution in [0.4, 0.5) is 5.69 Å². The number of halogens is 1. The van der Waals surface area contributed by atoms with Crippen LogP contribution in [0.5, 0.6) is 5.75 Å². The summed E-state index contributed by atoms with van der Waals surface area (Å²) in [5.74, 6) is -0.0905. The Kier molecular flexibility index (Phi) is 5.86. The number of rotatable bonds is 5. The highest BCUT2D eigenvalue weighted by Gasteiger charge is 2.33. The van der Waals surface area contributed by atoms with Crippen molar-refractivity contribution in [2.45, 2.75) is 17.1 Å². The number of thiophene rings is 1. The normalized spacial score (nSPS) is 18.5. The van der Waals surface area contributed by atoms with Crippen LogP contribution in [0.25, 0.3) is 0 Å². The average molecular weight is 415 g/mol. The van der Waals surface area contributed by atoms with E-state index in [1.165, 1.54) is 22.8 Å². The van der Waals surface area contributed by atoms with Crippen LogP contribution in [0.1, 0.15) is 12.8 Å². The van der Waals surface area contributed by atoms with Crippen LogP contribution in [0, 0.1) is 5.92 Å². The minimum Gasteiger partial charge on any atom is -0.495 e. The molecular formula is C17H19ClN2O4S2. The molecule has 0 saturated carbocycles. The Balaban J connectivity index is 1.69. The topological polar surface area (TPSA) is 75.7 Å². The number of ether oxygens (including phenoxy) is 1. The van der Waals surface area contributed by atoms with Crippen molar-refractivity contribution in [1.29, 1.82) is 0 Å². The van der Waals surface area contributed by atoms with Gasteiger partial charge >= 0.3 is 0 Å². The molecule has 1 aliphatic heterocycles. The average Bonchev–Trinajstić information content (AvgIpc) is 3.17. The molecule has 2 heterocycles. The Hall–Kier alpha value is -1.61. The van der Waals surface area contributed by atoms with Gasteiger partial charge in [-0.15, -0.1) is 11.3 Å². The number of sulfonamides is 1. The fourth-order valence-corrected chi connectivity index (χ4v) is 5.83. The molecule has 1 N–H and O–H groups in total. The third-order valence-electron chi connectivity index (χ3n) is 4.26. The van der Waals surface area contributed by atoms with Crippen LogP contribution in [-0.4, -0.2) is 38.8 Å². The number of benzene rings is 1. The van der Waals surface area contributed by atoms with Crippen LogP contribution >= 0.6 is 22.9 Å². The molecule has 1 aromatic heterocycles. The van der Waals surface area contributed by atoms with Gasteiger partial charge in [-0.05, 0) is 42.5 Å². The zero-order chi connectivity index (χ0) is 18.7. The predicted molar refractivity (Wildman–Crippen MR) is 102 cm³/mol. The highest BCUT2D eigenvalue weighted by molar-refractivity contribution is 7.91. The molecule has 1 amide bonds. The third-order valence-corrected chi connectivity index (χ3v) is 7.80. The molecule has 0 aliphatic carbocycles. The van der Waals surface area contributed by atoms with E-state index in [1.54, 1.807) is 35.7 Å². The summed E-state index contributed by atoms with van der Waals surface area (Å²) in [7, 11) is -2.02. The summed E-state index contributed by atoms with van der Waals surface area (Å²) in [5, 5.41) is 4.94. The Labute approximate surface area is 161 Å². The molecule has 1 atom stereocenters. The third kappa shape index (κ3) is 4.03. The van der Waals surface area contributed by atoms with Crippen LogP contribution in [0.3, 0.4) is 0 Å². The van der Waals surface area contributed by atoms with Crippen molar-refractivity contribution >= 4 is 44.6 Å². The number of hydrogen-bond donors (Lipinski definition) is 1. The summed E-state index contributed by atoms with van der Waals surface area (Å²) in [6.45, 7) is 0.605. The minimum absolute atomic E-state index is 0.177. The fourth-order valence-electron chi connectivity index (χ4n) is 2.90. The van der Waals surface area contributed by atoms with Crippen molar-refractivity contribution in [3.8, 4) is 5.75 Å². The molecule has 3 rings (SSSR count). The number of hydrogen-bond acceptors (Lipinski definition) is 5. The van der Waals surface area contributed by atoms with Crippen molar-refractivity contribution in [2.24, 2.45) is 5.92 Å². The van der Waals surface area contributed by atoms with Crippen molar-refractivity contribution in [3.05, 3.63) is 40.7 Å². The van der Waals surface area contributed by atoms with Crippen molar-refractivity contribution < 1.29 is 17.9 Å². The van der Waals surface area contributed by atoms with Crippen LogP contribution in [0.2, 0.25) is 5.02 Å². The molecular weight excluding hydrogens is 396 g/mol. The molecule has 0 radical (unpaired) electrons. The van der Waals surface area contributed by atoms with E-state index in [0.717, 1.165) is 0 Å². The fraction of sp³-hybridized carbons (Fsp3) is 0.353. The maximum Gasteiger partial charge on any atom is 0.252 e. The quantitative estimate of drug-likeness (QED) is 0.813. The summed E-state index contributed by atoms with van der Waals surface area (Å²) in [4.78, 5) is 12.6. The van der Waals surface area contributed by atoms with E-state index in [1.807, 2.05) is 0 Å². The summed E-state index contributed by atoms with van der Waals surface area (Å²) in [6, 6.07) is 8.28. The number of methoxy groups -OCH3 is 1. The molecule has 1 aromatic carbocycles. The Morgan fingerprint density at radius 2 is 2.19 bits per heavy atom. The number of nitrogens with zero attached hydrogens (tertiary/aromatic N) is 1. The maximum absolute atomic E-state index is 12.7. The Morgan fingerprint density at radius 3 is 2.85 bits per heavy atom. The van der Waals surface area contributed by atoms with E-state index >= 15 is 0 Å². The first-order chi connectivity index (χ1) is 12.4. The lowest BCUT2D eigenvalue weighted by molar-refractivity contribution is -0.120. The van der Waals surface area contributed by atoms with Crippen LogP contribution < -0.4 is 10.1 Å². The van der Waals surface area contributed by atoms with Gasteiger partial charge in [0.05, 0.1) is 18.1 Å². The minimum atomic E-state index is -3.54. The van der Waals surface area contributed by atoms with Gasteiger partial charge in [0.1, 0.15) is 9.96 Å². The van der Waals surface area contributed by atoms with Crippen LogP contribution in [0.15, 0.2) is 39.9 Å². The lowest BCUT2D eigenvalue weighted by atomic mass is 9.98. The Bertz CT molecular complexity index is 884. The number of carbonyl (C=O) groups is 1. The number of piperidine rings is 1. The van der Waals surface area contributed by atoms with Crippen molar-refractivity contribution in [1.82, 2.24) is 4.31 Å². The number of carbonyl (C=O) groups excluding carboxylic acids is 1. The van der Waals surface area contributed by atoms with E-state index < -0.39 is 15.9 Å². The van der Waals surface area contributed by atoms with E-state index in [-0.39, 0.29) is 12.5 Å². The molecule has 0 bridgehead atoms. The first kappa shape index (κ1) is 19.2. The first-order valence-corrected chi connectivity index (χ1v) is 10.8. The van der Waals surface area contributed by atoms with E-state index in [2.05, 4.69) is 5.32 Å². The van der Waals surface area contributed by atoms with E-state index in [0.29, 0.717) is 40.1 Å². The number of anilines is 1. The summed E-state index contributed by atoms with van der Waals surface area (Å²) >= 11 is 7.26. The van der Waals surface area contributed by atoms with Gasteiger partial charge in [-0.1, -0.05) is 17.7 Å². The van der Waals surface area contributed by atoms with Crippen molar-refractivity contribution in [2.75, 3.05) is 25.5 Å². The highest BCUT2D eigenvalue weighted by Crippen LogP contribution is 2.29. The van der Waals surface area contributed by atoms with Crippen LogP contribution in [-0.2, 0) is 14.8 Å². The summed E-state index contributed by atoms with van der Waals surface area (Å²) in [5.41, 5.74) is 0.555. The van der Waals surface area contributed by atoms with Gasteiger partial charge in [-0.2, -0.15) is 4.31 Å². The predicted octanol–water partition coefficient (Wildman–Crippen LogP) is 3.45. The molecule has 0 spiro atoms. The second kappa shape index (κ2) is 7.96. The SMILES string of the molecule is COc1ccc(NC(=O)C2CCCN(S(=O)(=O)c3cccs3)C2)cc1Cl. The van der Waals surface area contributed by atoms with Gasteiger partial charge < -0.3 is 10.1 Å². The molecule has 1 unspecified atom stereocenters. The van der Waals surface area contributed by atoms with Gasteiger partial charge in [0, 0.05) is 18.8 Å². The smallest absolute Gasteiger partial charge is 0.252 e. The number of nitrogens with one attached hydrogen (secondary N) is 1. The molecule has 140 valence electrons. The zero-order valence-corrected chi connectivity index (χ0v) is 16.5. The van der Waals surface area contributed by atoms with Gasteiger partial charge in [0.25, 0.3) is 10.0 Å². The van der Waals surface area contributed by atoms with Gasteiger partial charge in [0.2, 0.25) is 5.91 Å². The molecule has 26 heavy (non-hydrogen) atoms. The van der Waals surface area contributed by atoms with Crippen molar-refractivity contribution in [3.63, 3.8) is 0 Å². The molecule has 6 nitrogen and oxygen atoms in total. The molecule has 2 aromatic rings. The molecule has 9 heteroatoms. The van der Waals surface area contributed by atoms with Gasteiger partial charge in [-0.25, -0.2) is 8.42 Å². The van der Waals surface area contributed by atoms with Gasteiger partial charge in [-0.3, -0.25) is 4.79 Å². The first-order valence-electron chi connectivity index (χ1n) is 8.10. The standard InChI is InChI=1S/C17H19ClN2O4S2/c1-24-15-7-6-13(10-14(15)18)19-17(21)12-4-2-8-20(11-12)26(22,23)16-5-3-9-25-16/h3,5-7,9-10,12H,2,4,8,11H2,1H3,(H,19,21). The molecule has 1 aliphatic rings. The monoisotopic (exact) mass is 414 g/mol. The maximum atomic E-state index is 12.7. The molecule has 1 saturated heterocycles. The summed E-state index contributed by atoms with van der Waals surface area (Å²) in [6.07, 6.45) is 1.29. The zero-order valence-electron chi connectivity index (χ0n) is 14.1.